The Bertz CT molecular complexity index is 289. The minimum absolute atomic E-state index is 0.241. The average molecular weight is 267 g/mol. The minimum Gasteiger partial charge on any atom is -0.353 e. The molecule has 1 saturated carbocycles. The van der Waals surface area contributed by atoms with Crippen LogP contribution in [-0.4, -0.2) is 48.6 Å². The minimum atomic E-state index is 0.241. The summed E-state index contributed by atoms with van der Waals surface area (Å²) in [5.41, 5.74) is 0. The van der Waals surface area contributed by atoms with Crippen molar-refractivity contribution in [3.8, 4) is 0 Å². The van der Waals surface area contributed by atoms with Crippen molar-refractivity contribution in [3.63, 3.8) is 0 Å². The summed E-state index contributed by atoms with van der Waals surface area (Å²) in [6.07, 6.45) is 6.88. The standard InChI is InChI=1S/C15H29N3O/c1-12-11-18(13(2)10-16-12)9-8-15(19)17-14-6-4-3-5-7-14/h12-14,16H,3-11H2,1-2H3,(H,17,19). The van der Waals surface area contributed by atoms with Crippen LogP contribution in [0.5, 0.6) is 0 Å². The maximum atomic E-state index is 12.0. The highest BCUT2D eigenvalue weighted by Gasteiger charge is 2.23. The summed E-state index contributed by atoms with van der Waals surface area (Å²) >= 11 is 0. The molecule has 0 radical (unpaired) electrons. The van der Waals surface area contributed by atoms with Gasteiger partial charge in [0.15, 0.2) is 0 Å². The number of nitrogens with zero attached hydrogens (tertiary/aromatic N) is 1. The number of hydrogen-bond acceptors (Lipinski definition) is 3. The van der Waals surface area contributed by atoms with E-state index in [1.807, 2.05) is 0 Å². The molecule has 4 nitrogen and oxygen atoms in total. The zero-order valence-electron chi connectivity index (χ0n) is 12.5. The van der Waals surface area contributed by atoms with Crippen LogP contribution in [0.15, 0.2) is 0 Å². The summed E-state index contributed by atoms with van der Waals surface area (Å²) in [6.45, 7) is 7.42. The molecular formula is C15H29N3O. The zero-order valence-corrected chi connectivity index (χ0v) is 12.5. The molecule has 0 aromatic carbocycles. The molecular weight excluding hydrogens is 238 g/mol. The fraction of sp³-hybridized carbons (Fsp3) is 0.933. The van der Waals surface area contributed by atoms with Crippen LogP contribution in [0.1, 0.15) is 52.4 Å². The van der Waals surface area contributed by atoms with Gasteiger partial charge in [-0.15, -0.1) is 0 Å². The Morgan fingerprint density at radius 1 is 1.26 bits per heavy atom. The van der Waals surface area contributed by atoms with Crippen molar-refractivity contribution in [2.45, 2.75) is 70.5 Å². The Balaban J connectivity index is 1.67. The molecule has 0 aromatic heterocycles. The van der Waals surface area contributed by atoms with Crippen molar-refractivity contribution >= 4 is 5.91 Å². The zero-order chi connectivity index (χ0) is 13.7. The number of carbonyl (C=O) groups is 1. The highest BCUT2D eigenvalue weighted by Crippen LogP contribution is 2.17. The highest BCUT2D eigenvalue weighted by molar-refractivity contribution is 5.76. The lowest BCUT2D eigenvalue weighted by molar-refractivity contribution is -0.122. The van der Waals surface area contributed by atoms with Crippen molar-refractivity contribution in [3.05, 3.63) is 0 Å². The largest absolute Gasteiger partial charge is 0.353 e. The first-order valence-electron chi connectivity index (χ1n) is 7.92. The van der Waals surface area contributed by atoms with E-state index in [-0.39, 0.29) is 5.91 Å². The molecule has 2 N–H and O–H groups in total. The molecule has 2 rings (SSSR count). The molecule has 19 heavy (non-hydrogen) atoms. The first-order chi connectivity index (χ1) is 9.15. The summed E-state index contributed by atoms with van der Waals surface area (Å²) in [5, 5.41) is 6.68. The van der Waals surface area contributed by atoms with Crippen molar-refractivity contribution in [1.29, 1.82) is 0 Å². The Morgan fingerprint density at radius 2 is 2.00 bits per heavy atom. The lowest BCUT2D eigenvalue weighted by atomic mass is 9.95. The summed E-state index contributed by atoms with van der Waals surface area (Å²) in [4.78, 5) is 14.4. The third-order valence-electron chi connectivity index (χ3n) is 4.49. The second-order valence-corrected chi connectivity index (χ2v) is 6.31. The van der Waals surface area contributed by atoms with E-state index in [1.54, 1.807) is 0 Å². The van der Waals surface area contributed by atoms with Crippen LogP contribution in [0.2, 0.25) is 0 Å². The van der Waals surface area contributed by atoms with Gasteiger partial charge in [0.1, 0.15) is 0 Å². The third-order valence-corrected chi connectivity index (χ3v) is 4.49. The topological polar surface area (TPSA) is 44.4 Å². The van der Waals surface area contributed by atoms with E-state index in [0.29, 0.717) is 24.5 Å². The summed E-state index contributed by atoms with van der Waals surface area (Å²) in [5.74, 6) is 0.241. The molecule has 2 unspecified atom stereocenters. The van der Waals surface area contributed by atoms with Crippen LogP contribution in [-0.2, 0) is 4.79 Å². The number of piperazine rings is 1. The number of amides is 1. The van der Waals surface area contributed by atoms with E-state index < -0.39 is 0 Å². The van der Waals surface area contributed by atoms with Crippen molar-refractivity contribution in [1.82, 2.24) is 15.5 Å². The molecule has 1 amide bonds. The van der Waals surface area contributed by atoms with Gasteiger partial charge < -0.3 is 10.6 Å². The SMILES string of the molecule is CC1CN(CCC(=O)NC2CCCCC2)C(C)CN1. The number of nitrogens with one attached hydrogen (secondary N) is 2. The Kier molecular flexibility index (Phi) is 5.64. The summed E-state index contributed by atoms with van der Waals surface area (Å²) in [7, 11) is 0. The Labute approximate surface area is 117 Å². The molecule has 0 spiro atoms. The molecule has 1 aliphatic carbocycles. The van der Waals surface area contributed by atoms with Crippen molar-refractivity contribution < 1.29 is 4.79 Å². The molecule has 2 atom stereocenters. The van der Waals surface area contributed by atoms with Gasteiger partial charge in [-0.3, -0.25) is 9.69 Å². The molecule has 110 valence electrons. The fourth-order valence-electron chi connectivity index (χ4n) is 3.20. The van der Waals surface area contributed by atoms with Crippen LogP contribution >= 0.6 is 0 Å². The molecule has 4 heteroatoms. The first kappa shape index (κ1) is 14.8. The van der Waals surface area contributed by atoms with E-state index in [2.05, 4.69) is 29.4 Å². The van der Waals surface area contributed by atoms with Crippen LogP contribution in [0, 0.1) is 0 Å². The van der Waals surface area contributed by atoms with Gasteiger partial charge in [-0.05, 0) is 26.7 Å². The van der Waals surface area contributed by atoms with Gasteiger partial charge >= 0.3 is 0 Å². The fourth-order valence-corrected chi connectivity index (χ4v) is 3.20. The Hall–Kier alpha value is -0.610. The van der Waals surface area contributed by atoms with Crippen molar-refractivity contribution in [2.75, 3.05) is 19.6 Å². The number of hydrogen-bond donors (Lipinski definition) is 2. The predicted octanol–water partition coefficient (Wildman–Crippen LogP) is 1.51. The highest BCUT2D eigenvalue weighted by atomic mass is 16.1. The number of rotatable bonds is 4. The molecule has 1 heterocycles. The normalized spacial score (nSPS) is 30.2. The lowest BCUT2D eigenvalue weighted by Crippen LogP contribution is -2.54. The smallest absolute Gasteiger partial charge is 0.221 e. The van der Waals surface area contributed by atoms with Gasteiger partial charge in [-0.1, -0.05) is 19.3 Å². The van der Waals surface area contributed by atoms with Gasteiger partial charge in [-0.25, -0.2) is 0 Å². The molecule has 2 fully saturated rings. The van der Waals surface area contributed by atoms with E-state index in [1.165, 1.54) is 32.1 Å². The summed E-state index contributed by atoms with van der Waals surface area (Å²) in [6, 6.07) is 1.52. The molecule has 1 saturated heterocycles. The molecule has 2 aliphatic rings. The van der Waals surface area contributed by atoms with E-state index in [4.69, 9.17) is 0 Å². The van der Waals surface area contributed by atoms with Crippen LogP contribution < -0.4 is 10.6 Å². The lowest BCUT2D eigenvalue weighted by Gasteiger charge is -2.37. The third kappa shape index (κ3) is 4.77. The molecule has 1 aliphatic heterocycles. The molecule has 0 aromatic rings. The molecule has 0 bridgehead atoms. The van der Waals surface area contributed by atoms with E-state index >= 15 is 0 Å². The van der Waals surface area contributed by atoms with Gasteiger partial charge in [-0.2, -0.15) is 0 Å². The number of carbonyl (C=O) groups excluding carboxylic acids is 1. The average Bonchev–Trinajstić information content (AvgIpc) is 2.41. The quantitative estimate of drug-likeness (QED) is 0.811. The van der Waals surface area contributed by atoms with Gasteiger partial charge in [0, 0.05) is 44.2 Å². The Morgan fingerprint density at radius 3 is 2.74 bits per heavy atom. The van der Waals surface area contributed by atoms with Crippen LogP contribution in [0.4, 0.5) is 0 Å². The van der Waals surface area contributed by atoms with E-state index in [9.17, 15) is 4.79 Å². The van der Waals surface area contributed by atoms with E-state index in [0.717, 1.165) is 19.6 Å². The van der Waals surface area contributed by atoms with Gasteiger partial charge in [0.2, 0.25) is 5.91 Å². The van der Waals surface area contributed by atoms with Crippen LogP contribution in [0.25, 0.3) is 0 Å². The predicted molar refractivity (Wildman–Crippen MR) is 78.1 cm³/mol. The second kappa shape index (κ2) is 7.25. The maximum absolute atomic E-state index is 12.0. The monoisotopic (exact) mass is 267 g/mol. The first-order valence-corrected chi connectivity index (χ1v) is 7.92. The van der Waals surface area contributed by atoms with Crippen LogP contribution in [0.3, 0.4) is 0 Å². The van der Waals surface area contributed by atoms with Gasteiger partial charge in [0.05, 0.1) is 0 Å². The maximum Gasteiger partial charge on any atom is 0.221 e. The second-order valence-electron chi connectivity index (χ2n) is 6.31. The summed E-state index contributed by atoms with van der Waals surface area (Å²) < 4.78 is 0. The van der Waals surface area contributed by atoms with Gasteiger partial charge in [0.25, 0.3) is 0 Å². The van der Waals surface area contributed by atoms with Crippen molar-refractivity contribution in [2.24, 2.45) is 0 Å².